The largest absolute Gasteiger partial charge is 0.397 e. The minimum absolute atomic E-state index is 0.0825. The van der Waals surface area contributed by atoms with Crippen LogP contribution >= 0.6 is 0 Å². The summed E-state index contributed by atoms with van der Waals surface area (Å²) in [5.74, 6) is 0. The number of benzene rings is 1. The average molecular weight is 194 g/mol. The zero-order valence-corrected chi connectivity index (χ0v) is 8.75. The van der Waals surface area contributed by atoms with E-state index in [1.54, 1.807) is 0 Å². The van der Waals surface area contributed by atoms with Crippen LogP contribution in [-0.2, 0) is 0 Å². The number of nitrogens with two attached hydrogens (primary N) is 1. The maximum absolute atomic E-state index is 9.04. The molecule has 1 aromatic rings. The fraction of sp³-hybridized carbons (Fsp3) is 0.455. The molecule has 0 aromatic heterocycles. The molecule has 0 heterocycles. The standard InChI is InChI=1S/C11H18N2O/c1-3-9(7-14)13-10-6-4-5-8(2)11(10)12/h4-6,9,13-14H,3,7,12H2,1-2H3. The Morgan fingerprint density at radius 2 is 2.21 bits per heavy atom. The molecule has 14 heavy (non-hydrogen) atoms. The number of nitrogen functional groups attached to an aromatic ring is 1. The highest BCUT2D eigenvalue weighted by molar-refractivity contribution is 5.69. The summed E-state index contributed by atoms with van der Waals surface area (Å²) in [5.41, 5.74) is 8.63. The normalized spacial score (nSPS) is 12.5. The molecule has 1 aromatic carbocycles. The number of hydrogen-bond acceptors (Lipinski definition) is 3. The number of aliphatic hydroxyl groups is 1. The molecule has 0 aliphatic heterocycles. The molecule has 78 valence electrons. The van der Waals surface area contributed by atoms with E-state index in [0.717, 1.165) is 23.4 Å². The Morgan fingerprint density at radius 1 is 1.50 bits per heavy atom. The van der Waals surface area contributed by atoms with Crippen molar-refractivity contribution in [3.63, 3.8) is 0 Å². The molecular formula is C11H18N2O. The summed E-state index contributed by atoms with van der Waals surface area (Å²) in [6, 6.07) is 5.94. The number of rotatable bonds is 4. The maximum Gasteiger partial charge on any atom is 0.0632 e. The predicted molar refractivity (Wildman–Crippen MR) is 60.4 cm³/mol. The number of aryl methyl sites for hydroxylation is 1. The van der Waals surface area contributed by atoms with E-state index < -0.39 is 0 Å². The van der Waals surface area contributed by atoms with Gasteiger partial charge in [-0.2, -0.15) is 0 Å². The average Bonchev–Trinajstić information content (AvgIpc) is 2.20. The summed E-state index contributed by atoms with van der Waals surface area (Å²) in [6.07, 6.45) is 0.879. The molecule has 0 amide bonds. The van der Waals surface area contributed by atoms with Gasteiger partial charge in [0, 0.05) is 6.04 Å². The number of nitrogens with one attached hydrogen (secondary N) is 1. The van der Waals surface area contributed by atoms with Gasteiger partial charge >= 0.3 is 0 Å². The van der Waals surface area contributed by atoms with Crippen LogP contribution in [-0.4, -0.2) is 17.8 Å². The van der Waals surface area contributed by atoms with E-state index in [9.17, 15) is 0 Å². The van der Waals surface area contributed by atoms with Crippen LogP contribution in [0.1, 0.15) is 18.9 Å². The number of aliphatic hydroxyl groups excluding tert-OH is 1. The van der Waals surface area contributed by atoms with Gasteiger partial charge in [0.2, 0.25) is 0 Å². The molecule has 4 N–H and O–H groups in total. The second-order valence-electron chi connectivity index (χ2n) is 3.47. The second-order valence-corrected chi connectivity index (χ2v) is 3.47. The van der Waals surface area contributed by atoms with E-state index in [2.05, 4.69) is 5.32 Å². The summed E-state index contributed by atoms with van der Waals surface area (Å²) in [5, 5.41) is 12.3. The van der Waals surface area contributed by atoms with Gasteiger partial charge in [-0.05, 0) is 25.0 Å². The zero-order valence-electron chi connectivity index (χ0n) is 8.75. The SMILES string of the molecule is CCC(CO)Nc1cccc(C)c1N. The van der Waals surface area contributed by atoms with Gasteiger partial charge in [0.15, 0.2) is 0 Å². The first kappa shape index (κ1) is 10.9. The van der Waals surface area contributed by atoms with E-state index in [-0.39, 0.29) is 12.6 Å². The molecule has 0 spiro atoms. The quantitative estimate of drug-likeness (QED) is 0.640. The lowest BCUT2D eigenvalue weighted by atomic mass is 10.1. The van der Waals surface area contributed by atoms with Crippen LogP contribution in [0.2, 0.25) is 0 Å². The van der Waals surface area contributed by atoms with E-state index in [0.29, 0.717) is 0 Å². The van der Waals surface area contributed by atoms with E-state index in [1.807, 2.05) is 32.0 Å². The third kappa shape index (κ3) is 2.39. The highest BCUT2D eigenvalue weighted by Gasteiger charge is 2.06. The molecule has 0 saturated carbocycles. The highest BCUT2D eigenvalue weighted by atomic mass is 16.3. The Kier molecular flexibility index (Phi) is 3.77. The molecule has 0 saturated heterocycles. The summed E-state index contributed by atoms with van der Waals surface area (Å²) < 4.78 is 0. The number of para-hydroxylation sites is 1. The van der Waals surface area contributed by atoms with Crippen molar-refractivity contribution in [3.8, 4) is 0 Å². The maximum atomic E-state index is 9.04. The van der Waals surface area contributed by atoms with Crippen LogP contribution in [0.5, 0.6) is 0 Å². The zero-order chi connectivity index (χ0) is 10.6. The highest BCUT2D eigenvalue weighted by Crippen LogP contribution is 2.22. The lowest BCUT2D eigenvalue weighted by Gasteiger charge is -2.17. The fourth-order valence-electron chi connectivity index (χ4n) is 1.30. The molecule has 3 heteroatoms. The molecule has 0 radical (unpaired) electrons. The van der Waals surface area contributed by atoms with Gasteiger partial charge in [-0.25, -0.2) is 0 Å². The van der Waals surface area contributed by atoms with Gasteiger partial charge in [-0.15, -0.1) is 0 Å². The van der Waals surface area contributed by atoms with Crippen LogP contribution in [0.3, 0.4) is 0 Å². The Labute approximate surface area is 84.9 Å². The van der Waals surface area contributed by atoms with E-state index in [1.165, 1.54) is 0 Å². The molecule has 1 unspecified atom stereocenters. The molecule has 1 atom stereocenters. The molecule has 0 aliphatic rings. The van der Waals surface area contributed by atoms with Crippen molar-refractivity contribution in [2.75, 3.05) is 17.7 Å². The van der Waals surface area contributed by atoms with Crippen molar-refractivity contribution >= 4 is 11.4 Å². The molecule has 0 bridgehead atoms. The first-order valence-corrected chi connectivity index (χ1v) is 4.91. The first-order valence-electron chi connectivity index (χ1n) is 4.91. The Bertz CT molecular complexity index is 295. The fourth-order valence-corrected chi connectivity index (χ4v) is 1.30. The molecule has 1 rings (SSSR count). The van der Waals surface area contributed by atoms with Gasteiger partial charge in [0.1, 0.15) is 0 Å². The van der Waals surface area contributed by atoms with E-state index >= 15 is 0 Å². The van der Waals surface area contributed by atoms with Crippen molar-refractivity contribution in [2.45, 2.75) is 26.3 Å². The number of hydrogen-bond donors (Lipinski definition) is 3. The predicted octanol–water partition coefficient (Wildman–Crippen LogP) is 1.76. The van der Waals surface area contributed by atoms with Gasteiger partial charge in [0.25, 0.3) is 0 Å². The second kappa shape index (κ2) is 4.86. The van der Waals surface area contributed by atoms with Crippen molar-refractivity contribution in [1.29, 1.82) is 0 Å². The van der Waals surface area contributed by atoms with Crippen molar-refractivity contribution in [2.24, 2.45) is 0 Å². The van der Waals surface area contributed by atoms with Crippen LogP contribution < -0.4 is 11.1 Å². The van der Waals surface area contributed by atoms with Crippen molar-refractivity contribution in [1.82, 2.24) is 0 Å². The summed E-state index contributed by atoms with van der Waals surface area (Å²) in [7, 11) is 0. The van der Waals surface area contributed by atoms with Crippen LogP contribution in [0, 0.1) is 6.92 Å². The summed E-state index contributed by atoms with van der Waals surface area (Å²) in [4.78, 5) is 0. The van der Waals surface area contributed by atoms with Crippen LogP contribution in [0.4, 0.5) is 11.4 Å². The Hall–Kier alpha value is -1.22. The van der Waals surface area contributed by atoms with Gasteiger partial charge in [0.05, 0.1) is 18.0 Å². The smallest absolute Gasteiger partial charge is 0.0632 e. The van der Waals surface area contributed by atoms with Gasteiger partial charge < -0.3 is 16.2 Å². The lowest BCUT2D eigenvalue weighted by molar-refractivity contribution is 0.272. The minimum atomic E-state index is 0.0825. The van der Waals surface area contributed by atoms with Crippen molar-refractivity contribution < 1.29 is 5.11 Å². The Balaban J connectivity index is 2.80. The van der Waals surface area contributed by atoms with Crippen molar-refractivity contribution in [3.05, 3.63) is 23.8 Å². The van der Waals surface area contributed by atoms with Crippen LogP contribution in [0.15, 0.2) is 18.2 Å². The van der Waals surface area contributed by atoms with Gasteiger partial charge in [-0.1, -0.05) is 19.1 Å². The minimum Gasteiger partial charge on any atom is -0.397 e. The molecule has 0 aliphatic carbocycles. The van der Waals surface area contributed by atoms with E-state index in [4.69, 9.17) is 10.8 Å². The molecular weight excluding hydrogens is 176 g/mol. The lowest BCUT2D eigenvalue weighted by Crippen LogP contribution is -2.23. The monoisotopic (exact) mass is 194 g/mol. The summed E-state index contributed by atoms with van der Waals surface area (Å²) >= 11 is 0. The summed E-state index contributed by atoms with van der Waals surface area (Å²) in [6.45, 7) is 4.13. The number of anilines is 2. The third-order valence-corrected chi connectivity index (χ3v) is 2.40. The first-order chi connectivity index (χ1) is 6.69. The van der Waals surface area contributed by atoms with Gasteiger partial charge in [-0.3, -0.25) is 0 Å². The third-order valence-electron chi connectivity index (χ3n) is 2.40. The molecule has 0 fully saturated rings. The molecule has 3 nitrogen and oxygen atoms in total. The topological polar surface area (TPSA) is 58.3 Å². The Morgan fingerprint density at radius 3 is 2.79 bits per heavy atom. The van der Waals surface area contributed by atoms with Crippen LogP contribution in [0.25, 0.3) is 0 Å².